The molecule has 4 rings (SSSR count). The van der Waals surface area contributed by atoms with Gasteiger partial charge in [0, 0.05) is 36.8 Å². The molecular weight excluding hydrogens is 419 g/mol. The Labute approximate surface area is 185 Å². The van der Waals surface area contributed by atoms with Gasteiger partial charge in [0.25, 0.3) is 5.91 Å². The normalized spacial score (nSPS) is 18.3. The van der Waals surface area contributed by atoms with Gasteiger partial charge in [0.2, 0.25) is 5.91 Å². The van der Waals surface area contributed by atoms with Gasteiger partial charge in [0.1, 0.15) is 0 Å². The van der Waals surface area contributed by atoms with E-state index in [0.29, 0.717) is 25.9 Å². The molecule has 1 aliphatic carbocycles. The minimum Gasteiger partial charge on any atom is -0.339 e. The first kappa shape index (κ1) is 22.3. The maximum absolute atomic E-state index is 13.4. The van der Waals surface area contributed by atoms with Gasteiger partial charge in [0.05, 0.1) is 17.3 Å². The van der Waals surface area contributed by atoms with Gasteiger partial charge in [-0.1, -0.05) is 6.07 Å². The Morgan fingerprint density at radius 1 is 1.03 bits per heavy atom. The van der Waals surface area contributed by atoms with Crippen molar-refractivity contribution in [3.63, 3.8) is 0 Å². The second-order valence-corrected chi connectivity index (χ2v) is 8.55. The van der Waals surface area contributed by atoms with Crippen LogP contribution in [0.3, 0.4) is 0 Å². The Hall–Kier alpha value is -2.90. The summed E-state index contributed by atoms with van der Waals surface area (Å²) >= 11 is 0. The summed E-state index contributed by atoms with van der Waals surface area (Å²) in [5.41, 5.74) is 0.314. The van der Waals surface area contributed by atoms with Crippen LogP contribution in [0.15, 0.2) is 48.7 Å². The number of piperidine rings is 1. The molecule has 1 saturated heterocycles. The number of aromatic nitrogens is 1. The molecule has 2 amide bonds. The fourth-order valence-electron chi connectivity index (χ4n) is 4.33. The summed E-state index contributed by atoms with van der Waals surface area (Å²) in [7, 11) is 0. The second-order valence-electron chi connectivity index (χ2n) is 8.55. The number of carbonyl (C=O) groups excluding carboxylic acids is 2. The van der Waals surface area contributed by atoms with E-state index in [1.54, 1.807) is 11.1 Å². The molecule has 0 N–H and O–H groups in total. The Morgan fingerprint density at radius 2 is 1.69 bits per heavy atom. The molecule has 0 spiro atoms. The predicted octanol–water partition coefficient (Wildman–Crippen LogP) is 4.70. The molecule has 1 aromatic heterocycles. The van der Waals surface area contributed by atoms with Crippen molar-refractivity contribution in [2.45, 2.75) is 50.9 Å². The summed E-state index contributed by atoms with van der Waals surface area (Å²) in [6.07, 6.45) is 0.377. The number of hydrogen-bond donors (Lipinski definition) is 0. The minimum absolute atomic E-state index is 0.104. The third-order valence-corrected chi connectivity index (χ3v) is 6.32. The van der Waals surface area contributed by atoms with Crippen LogP contribution in [0.4, 0.5) is 13.2 Å². The van der Waals surface area contributed by atoms with Crippen LogP contribution < -0.4 is 0 Å². The smallest absolute Gasteiger partial charge is 0.339 e. The Balaban J connectivity index is 1.38. The summed E-state index contributed by atoms with van der Waals surface area (Å²) in [4.78, 5) is 34.1. The van der Waals surface area contributed by atoms with E-state index in [2.05, 4.69) is 4.98 Å². The zero-order chi connectivity index (χ0) is 22.9. The number of rotatable bonds is 5. The van der Waals surface area contributed by atoms with E-state index in [1.807, 2.05) is 30.0 Å². The number of hydrogen-bond acceptors (Lipinski definition) is 3. The molecule has 1 aliphatic heterocycles. The number of benzene rings is 1. The molecule has 0 bridgehead atoms. The summed E-state index contributed by atoms with van der Waals surface area (Å²) in [5, 5.41) is 0. The average Bonchev–Trinajstić information content (AvgIpc) is 3.64. The zero-order valence-electron chi connectivity index (χ0n) is 17.9. The lowest BCUT2D eigenvalue weighted by molar-refractivity contribution is -0.140. The van der Waals surface area contributed by atoms with E-state index >= 15 is 0 Å². The number of halogens is 3. The molecular formula is C24H26F3N3O2. The van der Waals surface area contributed by atoms with Gasteiger partial charge in [0.15, 0.2) is 0 Å². The van der Waals surface area contributed by atoms with Crippen molar-refractivity contribution in [3.05, 3.63) is 65.5 Å². The van der Waals surface area contributed by atoms with E-state index in [-0.39, 0.29) is 35.4 Å². The number of nitrogens with zero attached hydrogens (tertiary/aromatic N) is 3. The molecule has 1 aromatic carbocycles. The third kappa shape index (κ3) is 4.79. The molecule has 32 heavy (non-hydrogen) atoms. The van der Waals surface area contributed by atoms with E-state index in [0.717, 1.165) is 30.7 Å². The SMILES string of the molecule is CC(c1ccccn1)N(C(=O)C1CCN(C(=O)c2ccc(C(F)(F)F)cc2)CC1)C1CC1. The Morgan fingerprint density at radius 3 is 2.22 bits per heavy atom. The predicted molar refractivity (Wildman–Crippen MR) is 113 cm³/mol. The van der Waals surface area contributed by atoms with Crippen LogP contribution in [0.2, 0.25) is 0 Å². The highest BCUT2D eigenvalue weighted by Gasteiger charge is 2.40. The van der Waals surface area contributed by atoms with Gasteiger partial charge in [-0.15, -0.1) is 0 Å². The van der Waals surface area contributed by atoms with Gasteiger partial charge >= 0.3 is 6.18 Å². The van der Waals surface area contributed by atoms with Gasteiger partial charge in [-0.3, -0.25) is 14.6 Å². The second kappa shape index (κ2) is 8.92. The highest BCUT2D eigenvalue weighted by atomic mass is 19.4. The number of amides is 2. The Kier molecular flexibility index (Phi) is 6.22. The monoisotopic (exact) mass is 445 g/mol. The molecule has 170 valence electrons. The molecule has 1 unspecified atom stereocenters. The van der Waals surface area contributed by atoms with E-state index in [4.69, 9.17) is 0 Å². The van der Waals surface area contributed by atoms with Crippen LogP contribution in [0, 0.1) is 5.92 Å². The minimum atomic E-state index is -4.43. The van der Waals surface area contributed by atoms with Crippen LogP contribution in [0.1, 0.15) is 60.3 Å². The number of alkyl halides is 3. The standard InChI is InChI=1S/C24H26F3N3O2/c1-16(21-4-2-3-13-28-21)30(20-9-10-20)23(32)18-11-14-29(15-12-18)22(31)17-5-7-19(8-6-17)24(25,26)27/h2-8,13,16,18,20H,9-12,14-15H2,1H3. The molecule has 1 atom stereocenters. The number of carbonyl (C=O) groups is 2. The molecule has 2 aliphatic rings. The topological polar surface area (TPSA) is 53.5 Å². The highest BCUT2D eigenvalue weighted by molar-refractivity contribution is 5.94. The number of likely N-dealkylation sites (tertiary alicyclic amines) is 1. The van der Waals surface area contributed by atoms with Crippen molar-refractivity contribution in [1.82, 2.24) is 14.8 Å². The summed E-state index contributed by atoms with van der Waals surface area (Å²) < 4.78 is 38.3. The van der Waals surface area contributed by atoms with Crippen molar-refractivity contribution >= 4 is 11.8 Å². The molecule has 8 heteroatoms. The molecule has 2 aromatic rings. The molecule has 2 fully saturated rings. The maximum atomic E-state index is 13.4. The quantitative estimate of drug-likeness (QED) is 0.670. The van der Waals surface area contributed by atoms with Gasteiger partial charge in [-0.05, 0) is 69.0 Å². The lowest BCUT2D eigenvalue weighted by atomic mass is 9.93. The van der Waals surface area contributed by atoms with Crippen molar-refractivity contribution in [2.24, 2.45) is 5.92 Å². The summed E-state index contributed by atoms with van der Waals surface area (Å²) in [5.74, 6) is -0.365. The number of pyridine rings is 1. The fraction of sp³-hybridized carbons (Fsp3) is 0.458. The van der Waals surface area contributed by atoms with Gasteiger partial charge in [-0.2, -0.15) is 13.2 Å². The molecule has 5 nitrogen and oxygen atoms in total. The van der Waals surface area contributed by atoms with Crippen molar-refractivity contribution in [1.29, 1.82) is 0 Å². The van der Waals surface area contributed by atoms with Gasteiger partial charge < -0.3 is 9.80 Å². The summed E-state index contributed by atoms with van der Waals surface area (Å²) in [6, 6.07) is 10.1. The van der Waals surface area contributed by atoms with Gasteiger partial charge in [-0.25, -0.2) is 0 Å². The first-order chi connectivity index (χ1) is 15.3. The lowest BCUT2D eigenvalue weighted by Gasteiger charge is -2.36. The third-order valence-electron chi connectivity index (χ3n) is 6.32. The molecule has 2 heterocycles. The first-order valence-electron chi connectivity index (χ1n) is 11.0. The Bertz CT molecular complexity index is 951. The van der Waals surface area contributed by atoms with E-state index in [1.165, 1.54) is 12.1 Å². The van der Waals surface area contributed by atoms with Crippen LogP contribution in [-0.4, -0.2) is 45.7 Å². The van der Waals surface area contributed by atoms with E-state index in [9.17, 15) is 22.8 Å². The van der Waals surface area contributed by atoms with Crippen LogP contribution >= 0.6 is 0 Å². The highest BCUT2D eigenvalue weighted by Crippen LogP contribution is 2.36. The maximum Gasteiger partial charge on any atom is 0.416 e. The fourth-order valence-corrected chi connectivity index (χ4v) is 4.33. The van der Waals surface area contributed by atoms with Crippen molar-refractivity contribution in [3.8, 4) is 0 Å². The van der Waals surface area contributed by atoms with Crippen LogP contribution in [0.5, 0.6) is 0 Å². The lowest BCUT2D eigenvalue weighted by Crippen LogP contribution is -2.46. The zero-order valence-corrected chi connectivity index (χ0v) is 17.9. The van der Waals surface area contributed by atoms with Crippen molar-refractivity contribution in [2.75, 3.05) is 13.1 Å². The largest absolute Gasteiger partial charge is 0.416 e. The summed E-state index contributed by atoms with van der Waals surface area (Å²) in [6.45, 7) is 2.82. The van der Waals surface area contributed by atoms with Crippen LogP contribution in [-0.2, 0) is 11.0 Å². The molecule has 0 radical (unpaired) electrons. The first-order valence-corrected chi connectivity index (χ1v) is 11.0. The van der Waals surface area contributed by atoms with E-state index < -0.39 is 11.7 Å². The van der Waals surface area contributed by atoms with Crippen molar-refractivity contribution < 1.29 is 22.8 Å². The molecule has 1 saturated carbocycles. The van der Waals surface area contributed by atoms with Crippen LogP contribution in [0.25, 0.3) is 0 Å². The average molecular weight is 445 g/mol.